The average Bonchev–Trinajstić information content (AvgIpc) is 3.88. The first-order chi connectivity index (χ1) is 27.3. The lowest BCUT2D eigenvalue weighted by atomic mass is 9.43. The third-order valence-corrected chi connectivity index (χ3v) is 15.5. The molecule has 4 saturated carbocycles. The van der Waals surface area contributed by atoms with E-state index >= 15 is 0 Å². The van der Waals surface area contributed by atoms with Gasteiger partial charge in [0.15, 0.2) is 0 Å². The second kappa shape index (κ2) is 11.2. The minimum atomic E-state index is 0.0947. The van der Waals surface area contributed by atoms with Gasteiger partial charge in [0, 0.05) is 47.6 Å². The Morgan fingerprint density at radius 3 is 1.91 bits per heavy atom. The van der Waals surface area contributed by atoms with E-state index in [-0.39, 0.29) is 5.41 Å². The van der Waals surface area contributed by atoms with Crippen molar-refractivity contribution in [2.75, 3.05) is 4.90 Å². The first kappa shape index (κ1) is 30.7. The van der Waals surface area contributed by atoms with Crippen LogP contribution in [0.3, 0.4) is 0 Å². The van der Waals surface area contributed by atoms with Crippen molar-refractivity contribution in [3.63, 3.8) is 0 Å². The number of nitrogens with zero attached hydrogens (tertiary/aromatic N) is 2. The van der Waals surface area contributed by atoms with E-state index in [9.17, 15) is 0 Å². The molecule has 7 aromatic carbocycles. The van der Waals surface area contributed by atoms with Crippen LogP contribution >= 0.6 is 11.3 Å². The Bertz CT molecular complexity index is 2990. The van der Waals surface area contributed by atoms with Crippen molar-refractivity contribution in [1.82, 2.24) is 4.57 Å². The summed E-state index contributed by atoms with van der Waals surface area (Å²) in [4.78, 5) is 2.68. The van der Waals surface area contributed by atoms with Crippen LogP contribution in [0.2, 0.25) is 0 Å². The number of anilines is 3. The van der Waals surface area contributed by atoms with E-state index in [1.807, 2.05) is 11.3 Å². The Morgan fingerprint density at radius 1 is 0.473 bits per heavy atom. The zero-order chi connectivity index (χ0) is 35.8. The molecular weight excluding hydrogens is 685 g/mol. The van der Waals surface area contributed by atoms with E-state index in [0.29, 0.717) is 11.8 Å². The number of hydrogen-bond donors (Lipinski definition) is 0. The Balaban J connectivity index is 1.17. The van der Waals surface area contributed by atoms with E-state index in [2.05, 4.69) is 167 Å². The molecule has 0 saturated heterocycles. The molecule has 55 heavy (non-hydrogen) atoms. The zero-order valence-electron chi connectivity index (χ0n) is 30.7. The van der Waals surface area contributed by atoms with Gasteiger partial charge in [-0.15, -0.1) is 11.3 Å². The number of para-hydroxylation sites is 2. The summed E-state index contributed by atoms with van der Waals surface area (Å²) in [7, 11) is 0. The molecule has 9 aromatic rings. The highest BCUT2D eigenvalue weighted by Gasteiger charge is 2.61. The second-order valence-electron chi connectivity index (χ2n) is 16.9. The Hall–Kier alpha value is -5.64. The molecule has 2 nitrogen and oxygen atoms in total. The zero-order valence-corrected chi connectivity index (χ0v) is 31.5. The highest BCUT2D eigenvalue weighted by molar-refractivity contribution is 7.26. The maximum absolute atomic E-state index is 2.68. The summed E-state index contributed by atoms with van der Waals surface area (Å²) in [5.41, 5.74) is 13.6. The third kappa shape index (κ3) is 3.99. The summed E-state index contributed by atoms with van der Waals surface area (Å²) in [6, 6.07) is 59.8. The molecule has 0 atom stereocenters. The van der Waals surface area contributed by atoms with Crippen LogP contribution < -0.4 is 4.90 Å². The number of benzene rings is 7. The van der Waals surface area contributed by atoms with Crippen molar-refractivity contribution in [1.29, 1.82) is 0 Å². The van der Waals surface area contributed by atoms with Crippen molar-refractivity contribution in [3.05, 3.63) is 169 Å². The van der Waals surface area contributed by atoms with Gasteiger partial charge in [0.25, 0.3) is 0 Å². The summed E-state index contributed by atoms with van der Waals surface area (Å²) in [6.45, 7) is 0. The smallest absolute Gasteiger partial charge is 0.0562 e. The quantitative estimate of drug-likeness (QED) is 0.175. The molecule has 14 rings (SSSR count). The van der Waals surface area contributed by atoms with Crippen LogP contribution in [-0.4, -0.2) is 4.57 Å². The molecule has 0 aliphatic heterocycles. The lowest BCUT2D eigenvalue weighted by molar-refractivity contribution is -0.0399. The normalized spacial score (nSPS) is 23.3. The van der Waals surface area contributed by atoms with Crippen LogP contribution in [0.1, 0.15) is 43.2 Å². The minimum absolute atomic E-state index is 0.0947. The fraction of sp³-hybridized carbons (Fsp3) is 0.192. The van der Waals surface area contributed by atoms with Crippen molar-refractivity contribution < 1.29 is 0 Å². The minimum Gasteiger partial charge on any atom is -0.309 e. The summed E-state index contributed by atoms with van der Waals surface area (Å²) in [5, 5.41) is 5.22. The van der Waals surface area contributed by atoms with Gasteiger partial charge in [-0.3, -0.25) is 0 Å². The monoisotopic (exact) mass is 724 g/mol. The van der Waals surface area contributed by atoms with Gasteiger partial charge >= 0.3 is 0 Å². The molecule has 0 unspecified atom stereocenters. The van der Waals surface area contributed by atoms with Crippen LogP contribution in [-0.2, 0) is 5.41 Å². The van der Waals surface area contributed by atoms with Crippen LogP contribution in [0, 0.1) is 23.7 Å². The van der Waals surface area contributed by atoms with Crippen LogP contribution in [0.15, 0.2) is 158 Å². The number of hydrogen-bond acceptors (Lipinski definition) is 2. The predicted molar refractivity (Wildman–Crippen MR) is 232 cm³/mol. The molecule has 0 amide bonds. The first-order valence-electron chi connectivity index (χ1n) is 20.3. The third-order valence-electron chi connectivity index (χ3n) is 14.3. The van der Waals surface area contributed by atoms with E-state index in [1.54, 1.807) is 11.1 Å². The molecule has 4 bridgehead atoms. The molecule has 1 spiro atoms. The fourth-order valence-electron chi connectivity index (χ4n) is 12.7. The molecule has 5 aliphatic carbocycles. The molecule has 0 N–H and O–H groups in total. The van der Waals surface area contributed by atoms with Crippen molar-refractivity contribution in [2.45, 2.75) is 37.5 Å². The standard InChI is InChI=1S/C52H40N2S/c1-2-13-36(14-3-1)53-42-20-8-5-16-38(42)50-44(53)22-11-23-45(50)54(46-24-12-26-48-51(46)39-17-6-9-25-47(39)55-48)43-21-10-19-41-49(43)37-15-4-7-18-40(37)52(41)34-28-32-27-33(30-34)31-35(52)29-32/h1-26,32-35H,27-31H2. The van der Waals surface area contributed by atoms with Crippen molar-refractivity contribution in [2.24, 2.45) is 23.7 Å². The lowest BCUT2D eigenvalue weighted by Gasteiger charge is -2.61. The van der Waals surface area contributed by atoms with Gasteiger partial charge in [-0.25, -0.2) is 0 Å². The maximum atomic E-state index is 2.68. The highest BCUT2D eigenvalue weighted by atomic mass is 32.1. The summed E-state index contributed by atoms with van der Waals surface area (Å²) < 4.78 is 5.12. The molecule has 0 radical (unpaired) electrons. The molecule has 2 aromatic heterocycles. The molecule has 2 heterocycles. The molecule has 4 fully saturated rings. The number of fused-ring (bicyclic) bond motifs is 9. The largest absolute Gasteiger partial charge is 0.309 e. The molecule has 264 valence electrons. The van der Waals surface area contributed by atoms with E-state index < -0.39 is 0 Å². The Labute approximate surface area is 325 Å². The van der Waals surface area contributed by atoms with Crippen LogP contribution in [0.25, 0.3) is 58.8 Å². The van der Waals surface area contributed by atoms with Gasteiger partial charge in [-0.1, -0.05) is 103 Å². The number of rotatable bonds is 4. The fourth-order valence-corrected chi connectivity index (χ4v) is 13.9. The second-order valence-corrected chi connectivity index (χ2v) is 17.9. The summed E-state index contributed by atoms with van der Waals surface area (Å²) in [5.74, 6) is 3.25. The van der Waals surface area contributed by atoms with Crippen LogP contribution in [0.5, 0.6) is 0 Å². The Kier molecular flexibility index (Phi) is 6.25. The SMILES string of the molecule is c1ccc(-n2c3ccccc3c3c(N(c4cccc5c4-c4ccccc4C54C5CC6CC(C5)CC4C6)c4cccc5sc6ccccc6c45)cccc32)cc1. The van der Waals surface area contributed by atoms with Gasteiger partial charge in [0.2, 0.25) is 0 Å². The van der Waals surface area contributed by atoms with Gasteiger partial charge in [-0.05, 0) is 127 Å². The van der Waals surface area contributed by atoms with Crippen LogP contribution in [0.4, 0.5) is 17.1 Å². The summed E-state index contributed by atoms with van der Waals surface area (Å²) >= 11 is 1.91. The summed E-state index contributed by atoms with van der Waals surface area (Å²) in [6.07, 6.45) is 6.99. The van der Waals surface area contributed by atoms with Gasteiger partial charge < -0.3 is 9.47 Å². The van der Waals surface area contributed by atoms with E-state index in [4.69, 9.17) is 0 Å². The van der Waals surface area contributed by atoms with Gasteiger partial charge in [-0.2, -0.15) is 0 Å². The van der Waals surface area contributed by atoms with Gasteiger partial charge in [0.1, 0.15) is 0 Å². The Morgan fingerprint density at radius 2 is 1.07 bits per heavy atom. The lowest BCUT2D eigenvalue weighted by Crippen LogP contribution is -2.55. The first-order valence-corrected chi connectivity index (χ1v) is 21.1. The molecule has 3 heteroatoms. The number of aromatic nitrogens is 1. The predicted octanol–water partition coefficient (Wildman–Crippen LogP) is 14.3. The maximum Gasteiger partial charge on any atom is 0.0562 e. The van der Waals surface area contributed by atoms with Crippen molar-refractivity contribution >= 4 is 70.4 Å². The van der Waals surface area contributed by atoms with Crippen molar-refractivity contribution in [3.8, 4) is 16.8 Å². The van der Waals surface area contributed by atoms with E-state index in [1.165, 1.54) is 108 Å². The highest BCUT2D eigenvalue weighted by Crippen LogP contribution is 2.70. The number of thiophene rings is 1. The van der Waals surface area contributed by atoms with Gasteiger partial charge in [0.05, 0.1) is 28.1 Å². The average molecular weight is 725 g/mol. The topological polar surface area (TPSA) is 8.17 Å². The molecular formula is C52H40N2S. The molecule has 5 aliphatic rings. The van der Waals surface area contributed by atoms with E-state index in [0.717, 1.165) is 11.8 Å².